The fourth-order valence-electron chi connectivity index (χ4n) is 2.83. The van der Waals surface area contributed by atoms with Gasteiger partial charge in [0.1, 0.15) is 18.0 Å². The van der Waals surface area contributed by atoms with Gasteiger partial charge in [-0.25, -0.2) is 19.3 Å². The van der Waals surface area contributed by atoms with Gasteiger partial charge in [-0.3, -0.25) is 0 Å². The first kappa shape index (κ1) is 18.8. The van der Waals surface area contributed by atoms with Crippen LogP contribution in [0, 0.1) is 5.82 Å². The Kier molecular flexibility index (Phi) is 5.07. The second-order valence-corrected chi connectivity index (χ2v) is 7.47. The van der Waals surface area contributed by atoms with Crippen LogP contribution >= 0.6 is 0 Å². The lowest BCUT2D eigenvalue weighted by Crippen LogP contribution is -2.07. The monoisotopic (exact) mass is 406 g/mol. The fraction of sp³-hybridized carbons (Fsp3) is 0. The first-order valence-electron chi connectivity index (χ1n) is 8.49. The van der Waals surface area contributed by atoms with Crippen molar-refractivity contribution in [2.75, 3.05) is 11.5 Å². The molecule has 4 N–H and O–H groups in total. The summed E-state index contributed by atoms with van der Waals surface area (Å²) in [5, 5.41) is 0.279. The van der Waals surface area contributed by atoms with Crippen LogP contribution in [0.3, 0.4) is 0 Å². The summed E-state index contributed by atoms with van der Waals surface area (Å²) in [4.78, 5) is 16.1. The Morgan fingerprint density at radius 2 is 1.59 bits per heavy atom. The standard InChI is InChI=1S/C20H15FN6OS/c21-16-7-12(5-6-14(16)13-9-24-20(23)25-10-13)15-3-1-2-4-17(15)29(28)19-8-18(22)26-11-27-19/h1-11H,(H2,22,26,27)(H2,23,24,25). The van der Waals surface area contributed by atoms with E-state index in [1.165, 1.54) is 30.9 Å². The van der Waals surface area contributed by atoms with Gasteiger partial charge in [-0.1, -0.05) is 24.3 Å². The van der Waals surface area contributed by atoms with E-state index in [-0.39, 0.29) is 16.8 Å². The SMILES string of the molecule is Nc1cc([S+]([O-])c2ccccc2-c2ccc(-c3cnc(N)nc3)c(F)c2)ncn1. The highest BCUT2D eigenvalue weighted by molar-refractivity contribution is 7.91. The van der Waals surface area contributed by atoms with Crippen LogP contribution in [-0.4, -0.2) is 24.5 Å². The maximum absolute atomic E-state index is 14.8. The minimum atomic E-state index is -1.61. The van der Waals surface area contributed by atoms with Gasteiger partial charge in [0.05, 0.1) is 6.07 Å². The van der Waals surface area contributed by atoms with Crippen molar-refractivity contribution in [2.45, 2.75) is 9.92 Å². The minimum Gasteiger partial charge on any atom is -0.605 e. The third-order valence-corrected chi connectivity index (χ3v) is 5.56. The predicted molar refractivity (Wildman–Crippen MR) is 108 cm³/mol. The molecule has 144 valence electrons. The number of nitrogens with two attached hydrogens (primary N) is 2. The van der Waals surface area contributed by atoms with E-state index in [1.54, 1.807) is 36.4 Å². The van der Waals surface area contributed by atoms with Crippen molar-refractivity contribution in [1.82, 2.24) is 19.9 Å². The van der Waals surface area contributed by atoms with Crippen LogP contribution in [0.25, 0.3) is 22.3 Å². The minimum absolute atomic E-state index is 0.118. The number of hydrogen-bond acceptors (Lipinski definition) is 7. The average Bonchev–Trinajstić information content (AvgIpc) is 2.74. The van der Waals surface area contributed by atoms with Gasteiger partial charge in [0.25, 0.3) is 5.03 Å². The molecule has 1 unspecified atom stereocenters. The number of aromatic nitrogens is 4. The topological polar surface area (TPSA) is 127 Å². The van der Waals surface area contributed by atoms with Crippen LogP contribution < -0.4 is 11.5 Å². The van der Waals surface area contributed by atoms with Crippen molar-refractivity contribution in [3.05, 3.63) is 73.1 Å². The van der Waals surface area contributed by atoms with Crippen LogP contribution in [0.4, 0.5) is 16.2 Å². The molecule has 0 saturated carbocycles. The Bertz CT molecular complexity index is 1170. The second kappa shape index (κ2) is 7.82. The number of nitrogen functional groups attached to an aromatic ring is 2. The molecule has 4 aromatic rings. The van der Waals surface area contributed by atoms with Crippen molar-refractivity contribution in [3.63, 3.8) is 0 Å². The van der Waals surface area contributed by atoms with Gasteiger partial charge in [0, 0.05) is 40.3 Å². The molecule has 2 aromatic heterocycles. The molecule has 0 aliphatic carbocycles. The zero-order valence-corrected chi connectivity index (χ0v) is 15.8. The van der Waals surface area contributed by atoms with Crippen LogP contribution in [0.15, 0.2) is 77.2 Å². The summed E-state index contributed by atoms with van der Waals surface area (Å²) >= 11 is -1.61. The number of rotatable bonds is 4. The predicted octanol–water partition coefficient (Wildman–Crippen LogP) is 3.07. The summed E-state index contributed by atoms with van der Waals surface area (Å²) in [5.41, 5.74) is 13.2. The largest absolute Gasteiger partial charge is 0.605 e. The quantitative estimate of drug-likeness (QED) is 0.394. The van der Waals surface area contributed by atoms with Gasteiger partial charge in [-0.15, -0.1) is 0 Å². The first-order valence-corrected chi connectivity index (χ1v) is 9.64. The molecule has 0 radical (unpaired) electrons. The molecule has 4 rings (SSSR count). The Morgan fingerprint density at radius 1 is 0.828 bits per heavy atom. The molecular formula is C20H15FN6OS. The average molecular weight is 406 g/mol. The molecule has 7 nitrogen and oxygen atoms in total. The van der Waals surface area contributed by atoms with Crippen LogP contribution in [0.5, 0.6) is 0 Å². The molecule has 0 bridgehead atoms. The second-order valence-electron chi connectivity index (χ2n) is 6.07. The van der Waals surface area contributed by atoms with Gasteiger partial charge in [0.15, 0.2) is 4.90 Å². The normalized spacial score (nSPS) is 11.9. The number of halogens is 1. The molecule has 29 heavy (non-hydrogen) atoms. The fourth-order valence-corrected chi connectivity index (χ4v) is 4.01. The van der Waals surface area contributed by atoms with E-state index in [1.807, 2.05) is 0 Å². The van der Waals surface area contributed by atoms with E-state index in [2.05, 4.69) is 19.9 Å². The summed E-state index contributed by atoms with van der Waals surface area (Å²) in [6, 6.07) is 13.3. The summed E-state index contributed by atoms with van der Waals surface area (Å²) in [5.74, 6) is -0.114. The summed E-state index contributed by atoms with van der Waals surface area (Å²) in [6.45, 7) is 0. The van der Waals surface area contributed by atoms with E-state index in [9.17, 15) is 8.94 Å². The molecule has 9 heteroatoms. The highest BCUT2D eigenvalue weighted by atomic mass is 32.2. The highest BCUT2D eigenvalue weighted by Crippen LogP contribution is 2.33. The summed E-state index contributed by atoms with van der Waals surface area (Å²) < 4.78 is 27.9. The van der Waals surface area contributed by atoms with Crippen molar-refractivity contribution in [2.24, 2.45) is 0 Å². The van der Waals surface area contributed by atoms with Crippen molar-refractivity contribution < 1.29 is 8.94 Å². The Morgan fingerprint density at radius 3 is 2.31 bits per heavy atom. The van der Waals surface area contributed by atoms with E-state index >= 15 is 0 Å². The lowest BCUT2D eigenvalue weighted by Gasteiger charge is -2.14. The molecule has 0 spiro atoms. The number of hydrogen-bond donors (Lipinski definition) is 2. The first-order chi connectivity index (χ1) is 14.0. The number of anilines is 2. The summed E-state index contributed by atoms with van der Waals surface area (Å²) in [7, 11) is 0. The molecule has 2 aromatic carbocycles. The van der Waals surface area contributed by atoms with Crippen LogP contribution in [0.1, 0.15) is 0 Å². The van der Waals surface area contributed by atoms with Crippen molar-refractivity contribution in [1.29, 1.82) is 0 Å². The highest BCUT2D eigenvalue weighted by Gasteiger charge is 2.22. The third-order valence-electron chi connectivity index (χ3n) is 4.20. The number of benzene rings is 2. The van der Waals surface area contributed by atoms with E-state index < -0.39 is 17.0 Å². The molecule has 0 fully saturated rings. The molecule has 0 aliphatic rings. The zero-order chi connectivity index (χ0) is 20.4. The molecule has 0 aliphatic heterocycles. The van der Waals surface area contributed by atoms with Crippen molar-refractivity contribution in [3.8, 4) is 22.3 Å². The maximum Gasteiger partial charge on any atom is 0.255 e. The van der Waals surface area contributed by atoms with E-state index in [0.717, 1.165) is 0 Å². The molecule has 0 saturated heterocycles. The van der Waals surface area contributed by atoms with Gasteiger partial charge in [-0.05, 0) is 23.8 Å². The molecule has 2 heterocycles. The van der Waals surface area contributed by atoms with Gasteiger partial charge < -0.3 is 16.0 Å². The molecular weight excluding hydrogens is 391 g/mol. The molecule has 0 amide bonds. The number of nitrogens with zero attached hydrogens (tertiary/aromatic N) is 4. The van der Waals surface area contributed by atoms with Crippen LogP contribution in [-0.2, 0) is 11.2 Å². The Labute approximate surface area is 168 Å². The van der Waals surface area contributed by atoms with Gasteiger partial charge in [0.2, 0.25) is 5.95 Å². The smallest absolute Gasteiger partial charge is 0.255 e. The third kappa shape index (κ3) is 3.86. The lowest BCUT2D eigenvalue weighted by atomic mass is 10.0. The van der Waals surface area contributed by atoms with E-state index in [4.69, 9.17) is 11.5 Å². The zero-order valence-electron chi connectivity index (χ0n) is 15.0. The van der Waals surface area contributed by atoms with Gasteiger partial charge >= 0.3 is 0 Å². The Balaban J connectivity index is 1.74. The maximum atomic E-state index is 14.8. The Hall–Kier alpha value is -3.56. The van der Waals surface area contributed by atoms with Crippen molar-refractivity contribution >= 4 is 22.9 Å². The lowest BCUT2D eigenvalue weighted by molar-refractivity contribution is 0.591. The van der Waals surface area contributed by atoms with Gasteiger partial charge in [-0.2, -0.15) is 4.98 Å². The summed E-state index contributed by atoms with van der Waals surface area (Å²) in [6.07, 6.45) is 4.18. The molecule has 1 atom stereocenters. The van der Waals surface area contributed by atoms with E-state index in [0.29, 0.717) is 27.1 Å². The van der Waals surface area contributed by atoms with Crippen LogP contribution in [0.2, 0.25) is 0 Å².